The number of amides is 2. The minimum absolute atomic E-state index is 0. The molecule has 1 aliphatic rings. The molecule has 0 aromatic carbocycles. The summed E-state index contributed by atoms with van der Waals surface area (Å²) in [7, 11) is 0. The average molecular weight is 387 g/mol. The minimum atomic E-state index is -0.315. The quantitative estimate of drug-likeness (QED) is 0.597. The van der Waals surface area contributed by atoms with Gasteiger partial charge in [0, 0.05) is 38.9 Å². The van der Waals surface area contributed by atoms with Crippen molar-refractivity contribution in [1.82, 2.24) is 20.1 Å². The van der Waals surface area contributed by atoms with E-state index in [0.29, 0.717) is 37.3 Å². The van der Waals surface area contributed by atoms with Gasteiger partial charge in [-0.1, -0.05) is 6.92 Å². The lowest BCUT2D eigenvalue weighted by molar-refractivity contribution is 0.0609. The van der Waals surface area contributed by atoms with Crippen molar-refractivity contribution in [2.24, 2.45) is 0 Å². The predicted molar refractivity (Wildman–Crippen MR) is 99.5 cm³/mol. The fourth-order valence-corrected chi connectivity index (χ4v) is 2.68. The van der Waals surface area contributed by atoms with Crippen LogP contribution in [0.25, 0.3) is 0 Å². The highest BCUT2D eigenvalue weighted by Crippen LogP contribution is 2.08. The lowest BCUT2D eigenvalue weighted by atomic mass is 10.2. The first-order valence-electron chi connectivity index (χ1n) is 8.59. The molecule has 0 aliphatic carbocycles. The van der Waals surface area contributed by atoms with E-state index in [-0.39, 0.29) is 43.5 Å². The van der Waals surface area contributed by atoms with Gasteiger partial charge in [-0.25, -0.2) is 0 Å². The van der Waals surface area contributed by atoms with E-state index in [1.807, 2.05) is 6.92 Å². The highest BCUT2D eigenvalue weighted by Gasteiger charge is 2.23. The minimum Gasteiger partial charge on any atom is -0.395 e. The lowest BCUT2D eigenvalue weighted by Gasteiger charge is -2.34. The zero-order chi connectivity index (χ0) is 18.2. The van der Waals surface area contributed by atoms with Crippen molar-refractivity contribution in [3.63, 3.8) is 0 Å². The first kappa shape index (κ1) is 22.3. The maximum absolute atomic E-state index is 12.5. The summed E-state index contributed by atoms with van der Waals surface area (Å²) in [6, 6.07) is 2.84. The Balaban J connectivity index is 0.00000338. The molecule has 146 valence electrons. The second kappa shape index (κ2) is 11.1. The van der Waals surface area contributed by atoms with Crippen LogP contribution in [0.15, 0.2) is 18.3 Å². The van der Waals surface area contributed by atoms with E-state index in [9.17, 15) is 9.59 Å². The van der Waals surface area contributed by atoms with Gasteiger partial charge in [-0.3, -0.25) is 19.5 Å². The van der Waals surface area contributed by atoms with Crippen molar-refractivity contribution in [2.75, 3.05) is 45.9 Å². The number of nitrogens with zero attached hydrogens (tertiary/aromatic N) is 3. The number of aliphatic hydroxyl groups excluding tert-OH is 2. The van der Waals surface area contributed by atoms with Crippen LogP contribution in [0, 0.1) is 0 Å². The molecule has 1 aliphatic heterocycles. The van der Waals surface area contributed by atoms with Crippen LogP contribution < -0.4 is 5.32 Å². The van der Waals surface area contributed by atoms with Crippen LogP contribution >= 0.6 is 12.4 Å². The molecule has 1 saturated heterocycles. The third kappa shape index (κ3) is 5.91. The fraction of sp³-hybridized carbons (Fsp3) is 0.588. The number of piperazine rings is 1. The van der Waals surface area contributed by atoms with Gasteiger partial charge in [0.05, 0.1) is 24.8 Å². The van der Waals surface area contributed by atoms with Gasteiger partial charge in [-0.15, -0.1) is 12.4 Å². The number of hydrogen-bond donors (Lipinski definition) is 3. The Labute approximate surface area is 159 Å². The van der Waals surface area contributed by atoms with Crippen molar-refractivity contribution in [3.8, 4) is 0 Å². The van der Waals surface area contributed by atoms with Gasteiger partial charge in [0.1, 0.15) is 5.69 Å². The van der Waals surface area contributed by atoms with E-state index in [1.165, 1.54) is 6.20 Å². The van der Waals surface area contributed by atoms with E-state index < -0.39 is 0 Å². The number of β-amino-alcohol motifs (C(OH)–C–C–N with tert-alkyl or cyclic N) is 1. The second-order valence-electron chi connectivity index (χ2n) is 6.05. The molecule has 9 heteroatoms. The zero-order valence-corrected chi connectivity index (χ0v) is 15.7. The number of hydrogen-bond acceptors (Lipinski definition) is 6. The number of carbonyl (C=O) groups excluding carboxylic acids is 2. The highest BCUT2D eigenvalue weighted by molar-refractivity contribution is 5.96. The molecule has 1 aromatic rings. The Morgan fingerprint density at radius 1 is 1.23 bits per heavy atom. The molecule has 1 atom stereocenters. The summed E-state index contributed by atoms with van der Waals surface area (Å²) in [6.45, 7) is 5.15. The van der Waals surface area contributed by atoms with Crippen LogP contribution in [0.1, 0.15) is 34.2 Å². The normalized spacial score (nSPS) is 15.9. The molecular formula is C17H27ClN4O4. The van der Waals surface area contributed by atoms with Gasteiger partial charge < -0.3 is 20.4 Å². The molecule has 3 N–H and O–H groups in total. The molecule has 2 rings (SSSR count). The SMILES string of the molecule is CC[C@@H](CO)NC(=O)c1ccc(C(=O)N2CCN(CCO)CC2)nc1.Cl. The number of pyridine rings is 1. The molecule has 0 bridgehead atoms. The largest absolute Gasteiger partial charge is 0.395 e. The fourth-order valence-electron chi connectivity index (χ4n) is 2.68. The first-order chi connectivity index (χ1) is 12.1. The third-order valence-electron chi connectivity index (χ3n) is 4.37. The number of nitrogens with one attached hydrogen (secondary N) is 1. The molecule has 1 aromatic heterocycles. The van der Waals surface area contributed by atoms with E-state index >= 15 is 0 Å². The number of aliphatic hydroxyl groups is 2. The number of rotatable bonds is 7. The molecular weight excluding hydrogens is 360 g/mol. The summed E-state index contributed by atoms with van der Waals surface area (Å²) < 4.78 is 0. The van der Waals surface area contributed by atoms with Crippen molar-refractivity contribution < 1.29 is 19.8 Å². The van der Waals surface area contributed by atoms with Crippen LogP contribution in [0.4, 0.5) is 0 Å². The Hall–Kier alpha value is -1.74. The summed E-state index contributed by atoms with van der Waals surface area (Å²) in [4.78, 5) is 32.5. The van der Waals surface area contributed by atoms with E-state index in [2.05, 4.69) is 15.2 Å². The van der Waals surface area contributed by atoms with Crippen LogP contribution in [-0.2, 0) is 0 Å². The summed E-state index contributed by atoms with van der Waals surface area (Å²) >= 11 is 0. The maximum atomic E-state index is 12.5. The van der Waals surface area contributed by atoms with Crippen molar-refractivity contribution >= 4 is 24.2 Å². The topological polar surface area (TPSA) is 106 Å². The Bertz CT molecular complexity index is 573. The summed E-state index contributed by atoms with van der Waals surface area (Å²) in [5.74, 6) is -0.470. The summed E-state index contributed by atoms with van der Waals surface area (Å²) in [6.07, 6.45) is 2.02. The Morgan fingerprint density at radius 3 is 2.42 bits per heavy atom. The summed E-state index contributed by atoms with van der Waals surface area (Å²) in [5.41, 5.74) is 0.664. The van der Waals surface area contributed by atoms with Crippen LogP contribution in [0.3, 0.4) is 0 Å². The van der Waals surface area contributed by atoms with Crippen LogP contribution in [0.2, 0.25) is 0 Å². The van der Waals surface area contributed by atoms with Gasteiger partial charge in [-0.05, 0) is 18.6 Å². The van der Waals surface area contributed by atoms with Crippen molar-refractivity contribution in [1.29, 1.82) is 0 Å². The molecule has 0 radical (unpaired) electrons. The molecule has 2 heterocycles. The molecule has 0 saturated carbocycles. The number of aromatic nitrogens is 1. The molecule has 0 spiro atoms. The molecule has 2 amide bonds. The van der Waals surface area contributed by atoms with E-state index in [1.54, 1.807) is 17.0 Å². The smallest absolute Gasteiger partial charge is 0.272 e. The number of carbonyl (C=O) groups is 2. The lowest BCUT2D eigenvalue weighted by Crippen LogP contribution is -2.49. The van der Waals surface area contributed by atoms with Gasteiger partial charge in [0.25, 0.3) is 11.8 Å². The van der Waals surface area contributed by atoms with Crippen molar-refractivity contribution in [3.05, 3.63) is 29.6 Å². The van der Waals surface area contributed by atoms with E-state index in [0.717, 1.165) is 13.1 Å². The van der Waals surface area contributed by atoms with Gasteiger partial charge in [0.2, 0.25) is 0 Å². The zero-order valence-electron chi connectivity index (χ0n) is 14.9. The molecule has 1 fully saturated rings. The molecule has 8 nitrogen and oxygen atoms in total. The third-order valence-corrected chi connectivity index (χ3v) is 4.37. The van der Waals surface area contributed by atoms with Crippen LogP contribution in [-0.4, -0.2) is 88.8 Å². The highest BCUT2D eigenvalue weighted by atomic mass is 35.5. The first-order valence-corrected chi connectivity index (χ1v) is 8.59. The monoisotopic (exact) mass is 386 g/mol. The molecule has 0 unspecified atom stereocenters. The van der Waals surface area contributed by atoms with Crippen molar-refractivity contribution in [2.45, 2.75) is 19.4 Å². The van der Waals surface area contributed by atoms with Gasteiger partial charge in [0.15, 0.2) is 0 Å². The Morgan fingerprint density at radius 2 is 1.92 bits per heavy atom. The average Bonchev–Trinajstić information content (AvgIpc) is 2.66. The number of halogens is 1. The predicted octanol–water partition coefficient (Wildman–Crippen LogP) is -0.246. The second-order valence-corrected chi connectivity index (χ2v) is 6.05. The van der Waals surface area contributed by atoms with Crippen LogP contribution in [0.5, 0.6) is 0 Å². The Kier molecular flexibility index (Phi) is 9.50. The standard InChI is InChI=1S/C17H26N4O4.ClH/c1-2-14(12-23)19-16(24)13-3-4-15(18-11-13)17(25)21-7-5-20(6-8-21)9-10-22;/h3-4,11,14,22-23H,2,5-10,12H2,1H3,(H,19,24);1H/t14-;/m0./s1. The maximum Gasteiger partial charge on any atom is 0.272 e. The van der Waals surface area contributed by atoms with Gasteiger partial charge in [-0.2, -0.15) is 0 Å². The summed E-state index contributed by atoms with van der Waals surface area (Å²) in [5, 5.41) is 20.8. The van der Waals surface area contributed by atoms with E-state index in [4.69, 9.17) is 10.2 Å². The van der Waals surface area contributed by atoms with Gasteiger partial charge >= 0.3 is 0 Å². The molecule has 26 heavy (non-hydrogen) atoms.